The summed E-state index contributed by atoms with van der Waals surface area (Å²) in [6.07, 6.45) is 2.15. The Labute approximate surface area is 175 Å². The molecular formula is C20H27N3O6S. The van der Waals surface area contributed by atoms with Crippen LogP contribution in [-0.4, -0.2) is 69.8 Å². The maximum atomic E-state index is 13.1. The number of morpholine rings is 1. The number of carbonyl (C=O) groups is 1. The van der Waals surface area contributed by atoms with Crippen LogP contribution >= 0.6 is 0 Å². The summed E-state index contributed by atoms with van der Waals surface area (Å²) in [7, 11) is -2.18. The number of pyridine rings is 1. The molecule has 1 aliphatic rings. The van der Waals surface area contributed by atoms with Gasteiger partial charge in [-0.15, -0.1) is 0 Å². The molecule has 2 heterocycles. The Bertz CT molecular complexity index is 1070. The largest absolute Gasteiger partial charge is 0.385 e. The van der Waals surface area contributed by atoms with Gasteiger partial charge in [0.15, 0.2) is 0 Å². The van der Waals surface area contributed by atoms with E-state index in [-0.39, 0.29) is 28.9 Å². The van der Waals surface area contributed by atoms with E-state index in [1.165, 1.54) is 22.6 Å². The number of amides is 1. The van der Waals surface area contributed by atoms with Crippen molar-refractivity contribution in [3.05, 3.63) is 40.2 Å². The maximum Gasteiger partial charge on any atom is 0.256 e. The number of fused-ring (bicyclic) bond motifs is 1. The highest BCUT2D eigenvalue weighted by atomic mass is 32.2. The van der Waals surface area contributed by atoms with E-state index in [9.17, 15) is 18.0 Å². The van der Waals surface area contributed by atoms with Gasteiger partial charge < -0.3 is 19.4 Å². The Morgan fingerprint density at radius 1 is 1.27 bits per heavy atom. The maximum absolute atomic E-state index is 13.1. The molecule has 1 aromatic carbocycles. The lowest BCUT2D eigenvalue weighted by molar-refractivity contribution is 0.0730. The Balaban J connectivity index is 2.02. The highest BCUT2D eigenvalue weighted by Crippen LogP contribution is 2.22. The van der Waals surface area contributed by atoms with Crippen LogP contribution in [0, 0.1) is 0 Å². The van der Waals surface area contributed by atoms with Gasteiger partial charge in [0.05, 0.1) is 23.6 Å². The third-order valence-electron chi connectivity index (χ3n) is 5.06. The molecule has 9 nitrogen and oxygen atoms in total. The van der Waals surface area contributed by atoms with Crippen molar-refractivity contribution in [1.29, 1.82) is 0 Å². The number of hydrogen-bond donors (Lipinski definition) is 1. The highest BCUT2D eigenvalue weighted by molar-refractivity contribution is 7.89. The minimum absolute atomic E-state index is 0.0114. The fourth-order valence-corrected chi connectivity index (χ4v) is 4.84. The van der Waals surface area contributed by atoms with E-state index in [1.807, 2.05) is 6.92 Å². The predicted molar refractivity (Wildman–Crippen MR) is 112 cm³/mol. The first kappa shape index (κ1) is 22.4. The number of aryl methyl sites for hydroxylation is 1. The Hall–Kier alpha value is -2.27. The van der Waals surface area contributed by atoms with Crippen molar-refractivity contribution in [2.45, 2.75) is 24.8 Å². The van der Waals surface area contributed by atoms with E-state index in [4.69, 9.17) is 9.47 Å². The number of carbonyl (C=O) groups excluding carboxylic acids is 1. The molecule has 0 atom stereocenters. The van der Waals surface area contributed by atoms with Crippen LogP contribution in [0.15, 0.2) is 34.1 Å². The van der Waals surface area contributed by atoms with Crippen molar-refractivity contribution >= 4 is 26.8 Å². The standard InChI is InChI=1S/C20H27N3O6S/c1-3-22-14-17(20(25)21-7-4-10-28-2)19(24)16-13-15(5-6-18(16)22)30(26,27)23-8-11-29-12-9-23/h5-6,13-14H,3-4,7-12H2,1-2H3,(H,21,25). The molecule has 1 aromatic heterocycles. The van der Waals surface area contributed by atoms with Crippen molar-refractivity contribution < 1.29 is 22.7 Å². The second-order valence-corrected chi connectivity index (χ2v) is 8.89. The number of sulfonamides is 1. The molecule has 0 radical (unpaired) electrons. The molecule has 0 aliphatic carbocycles. The second kappa shape index (κ2) is 9.69. The molecule has 1 amide bonds. The van der Waals surface area contributed by atoms with Crippen LogP contribution in [0.25, 0.3) is 10.9 Å². The molecular weight excluding hydrogens is 410 g/mol. The van der Waals surface area contributed by atoms with Gasteiger partial charge in [0.25, 0.3) is 5.91 Å². The van der Waals surface area contributed by atoms with Crippen LogP contribution in [0.5, 0.6) is 0 Å². The molecule has 1 aliphatic heterocycles. The van der Waals surface area contributed by atoms with Crippen LogP contribution in [0.1, 0.15) is 23.7 Å². The van der Waals surface area contributed by atoms with Crippen LogP contribution in [-0.2, 0) is 26.0 Å². The lowest BCUT2D eigenvalue weighted by Crippen LogP contribution is -2.40. The average molecular weight is 438 g/mol. The number of methoxy groups -OCH3 is 1. The SMILES string of the molecule is CCn1cc(C(=O)NCCCOC)c(=O)c2cc(S(=O)(=O)N3CCOCC3)ccc21. The number of benzene rings is 1. The molecule has 0 spiro atoms. The van der Waals surface area contributed by atoms with Crippen molar-refractivity contribution in [1.82, 2.24) is 14.2 Å². The number of hydrogen-bond acceptors (Lipinski definition) is 6. The van der Waals surface area contributed by atoms with Crippen molar-refractivity contribution in [2.75, 3.05) is 46.6 Å². The van der Waals surface area contributed by atoms with E-state index in [1.54, 1.807) is 17.7 Å². The quantitative estimate of drug-likeness (QED) is 0.613. The van der Waals surface area contributed by atoms with Crippen LogP contribution in [0.4, 0.5) is 0 Å². The number of aromatic nitrogens is 1. The Morgan fingerprint density at radius 3 is 2.67 bits per heavy atom. The lowest BCUT2D eigenvalue weighted by Gasteiger charge is -2.26. The fraction of sp³-hybridized carbons (Fsp3) is 0.500. The Kier molecular flexibility index (Phi) is 7.24. The van der Waals surface area contributed by atoms with Gasteiger partial charge in [-0.2, -0.15) is 4.31 Å². The topological polar surface area (TPSA) is 107 Å². The van der Waals surface area contributed by atoms with Gasteiger partial charge in [0.2, 0.25) is 15.5 Å². The zero-order valence-electron chi connectivity index (χ0n) is 17.2. The van der Waals surface area contributed by atoms with Crippen LogP contribution in [0.3, 0.4) is 0 Å². The van der Waals surface area contributed by atoms with Crippen LogP contribution < -0.4 is 10.7 Å². The van der Waals surface area contributed by atoms with Crippen molar-refractivity contribution in [3.8, 4) is 0 Å². The summed E-state index contributed by atoms with van der Waals surface area (Å²) in [6, 6.07) is 4.49. The molecule has 3 rings (SSSR count). The molecule has 1 fully saturated rings. The molecule has 30 heavy (non-hydrogen) atoms. The predicted octanol–water partition coefficient (Wildman–Crippen LogP) is 0.809. The van der Waals surface area contributed by atoms with Gasteiger partial charge >= 0.3 is 0 Å². The number of nitrogens with zero attached hydrogens (tertiary/aromatic N) is 2. The number of ether oxygens (including phenoxy) is 2. The third kappa shape index (κ3) is 4.56. The second-order valence-electron chi connectivity index (χ2n) is 6.96. The zero-order chi connectivity index (χ0) is 21.7. The van der Waals surface area contributed by atoms with Gasteiger partial charge in [-0.05, 0) is 31.5 Å². The van der Waals surface area contributed by atoms with E-state index in [2.05, 4.69) is 5.32 Å². The van der Waals surface area contributed by atoms with Crippen molar-refractivity contribution in [3.63, 3.8) is 0 Å². The van der Waals surface area contributed by atoms with Crippen molar-refractivity contribution in [2.24, 2.45) is 0 Å². The minimum Gasteiger partial charge on any atom is -0.385 e. The Morgan fingerprint density at radius 2 is 2.00 bits per heavy atom. The lowest BCUT2D eigenvalue weighted by atomic mass is 10.1. The highest BCUT2D eigenvalue weighted by Gasteiger charge is 2.27. The minimum atomic E-state index is -3.75. The molecule has 0 unspecified atom stereocenters. The van der Waals surface area contributed by atoms with Gasteiger partial charge in [0, 0.05) is 51.5 Å². The van der Waals surface area contributed by atoms with Crippen LogP contribution in [0.2, 0.25) is 0 Å². The zero-order valence-corrected chi connectivity index (χ0v) is 18.0. The summed E-state index contributed by atoms with van der Waals surface area (Å²) in [5.41, 5.74) is 0.0833. The average Bonchev–Trinajstić information content (AvgIpc) is 2.77. The molecule has 1 saturated heterocycles. The molecule has 0 saturated carbocycles. The summed E-state index contributed by atoms with van der Waals surface area (Å²) in [6.45, 7) is 4.50. The van der Waals surface area contributed by atoms with Gasteiger partial charge in [0.1, 0.15) is 5.56 Å². The molecule has 2 aromatic rings. The summed E-state index contributed by atoms with van der Waals surface area (Å²) in [5.74, 6) is -0.485. The summed E-state index contributed by atoms with van der Waals surface area (Å²) >= 11 is 0. The first-order valence-electron chi connectivity index (χ1n) is 9.92. The third-order valence-corrected chi connectivity index (χ3v) is 6.95. The van der Waals surface area contributed by atoms with E-state index in [0.717, 1.165) is 0 Å². The fourth-order valence-electron chi connectivity index (χ4n) is 3.41. The summed E-state index contributed by atoms with van der Waals surface area (Å²) < 4.78 is 39.3. The monoisotopic (exact) mass is 437 g/mol. The van der Waals surface area contributed by atoms with E-state index < -0.39 is 21.4 Å². The smallest absolute Gasteiger partial charge is 0.256 e. The first-order chi connectivity index (χ1) is 14.4. The molecule has 0 bridgehead atoms. The first-order valence-corrected chi connectivity index (χ1v) is 11.4. The number of rotatable bonds is 8. The van der Waals surface area contributed by atoms with Gasteiger partial charge in [-0.3, -0.25) is 9.59 Å². The van der Waals surface area contributed by atoms with E-state index >= 15 is 0 Å². The van der Waals surface area contributed by atoms with E-state index in [0.29, 0.717) is 44.8 Å². The van der Waals surface area contributed by atoms with Gasteiger partial charge in [-0.25, -0.2) is 8.42 Å². The molecule has 164 valence electrons. The summed E-state index contributed by atoms with van der Waals surface area (Å²) in [4.78, 5) is 25.7. The van der Waals surface area contributed by atoms with Gasteiger partial charge in [-0.1, -0.05) is 0 Å². The molecule has 10 heteroatoms. The molecule has 1 N–H and O–H groups in total. The normalized spacial score (nSPS) is 15.4. The number of nitrogens with one attached hydrogen (secondary N) is 1. The summed E-state index contributed by atoms with van der Waals surface area (Å²) in [5, 5.41) is 2.92.